The van der Waals surface area contributed by atoms with Gasteiger partial charge in [0.25, 0.3) is 0 Å². The predicted octanol–water partition coefficient (Wildman–Crippen LogP) is 0.118. The molecule has 1 fully saturated rings. The fourth-order valence-corrected chi connectivity index (χ4v) is 2.18. The Bertz CT molecular complexity index is 358. The van der Waals surface area contributed by atoms with Crippen LogP contribution in [0.2, 0.25) is 0 Å². The summed E-state index contributed by atoms with van der Waals surface area (Å²) in [7, 11) is 0. The van der Waals surface area contributed by atoms with Crippen LogP contribution in [0.3, 0.4) is 0 Å². The summed E-state index contributed by atoms with van der Waals surface area (Å²) in [6.07, 6.45) is 3.69. The molecule has 0 aromatic carbocycles. The van der Waals surface area contributed by atoms with Crippen molar-refractivity contribution in [3.05, 3.63) is 12.2 Å². The van der Waals surface area contributed by atoms with Crippen molar-refractivity contribution < 1.29 is 9.32 Å². The van der Waals surface area contributed by atoms with E-state index in [1.807, 2.05) is 0 Å². The molecular formula is C11H18N4O2. The summed E-state index contributed by atoms with van der Waals surface area (Å²) in [5.74, 6) is 0.758. The Hall–Kier alpha value is -1.43. The van der Waals surface area contributed by atoms with E-state index in [-0.39, 0.29) is 11.3 Å². The van der Waals surface area contributed by atoms with Gasteiger partial charge in [-0.1, -0.05) is 12.1 Å². The lowest BCUT2D eigenvalue weighted by atomic mass is 9.83. The molecule has 1 atom stereocenters. The number of carbonyl (C=O) groups is 1. The molecule has 0 saturated carbocycles. The van der Waals surface area contributed by atoms with Gasteiger partial charge in [0.1, 0.15) is 0 Å². The number of hydrogen-bond acceptors (Lipinski definition) is 5. The van der Waals surface area contributed by atoms with Crippen molar-refractivity contribution in [3.63, 3.8) is 0 Å². The summed E-state index contributed by atoms with van der Waals surface area (Å²) < 4.78 is 4.63. The van der Waals surface area contributed by atoms with E-state index < -0.39 is 0 Å². The van der Waals surface area contributed by atoms with Crippen LogP contribution in [0.4, 0.5) is 0 Å². The average Bonchev–Trinajstić information content (AvgIpc) is 3.00. The number of carbonyl (C=O) groups excluding carboxylic acids is 1. The molecule has 1 aliphatic heterocycles. The molecule has 6 heteroatoms. The first-order chi connectivity index (χ1) is 8.27. The first-order valence-electron chi connectivity index (χ1n) is 6.01. The molecule has 17 heavy (non-hydrogen) atoms. The van der Waals surface area contributed by atoms with Crippen LogP contribution in [0.1, 0.15) is 25.6 Å². The molecule has 1 aliphatic rings. The first-order valence-corrected chi connectivity index (χ1v) is 6.01. The molecular weight excluding hydrogens is 220 g/mol. The first kappa shape index (κ1) is 12.0. The van der Waals surface area contributed by atoms with E-state index in [2.05, 4.69) is 32.2 Å². The van der Waals surface area contributed by atoms with Crippen molar-refractivity contribution in [2.75, 3.05) is 19.6 Å². The van der Waals surface area contributed by atoms with Crippen LogP contribution in [-0.2, 0) is 11.2 Å². The molecule has 1 unspecified atom stereocenters. The summed E-state index contributed by atoms with van der Waals surface area (Å²) in [5.41, 5.74) is -0.225. The second kappa shape index (κ2) is 5.27. The van der Waals surface area contributed by atoms with Gasteiger partial charge in [0.05, 0.1) is 5.41 Å². The summed E-state index contributed by atoms with van der Waals surface area (Å²) in [5, 5.41) is 9.90. The SMILES string of the molecule is CCC1(C(=O)NCCc2ncon2)CCNC1. The number of nitrogens with zero attached hydrogens (tertiary/aromatic N) is 2. The van der Waals surface area contributed by atoms with Crippen molar-refractivity contribution in [2.24, 2.45) is 5.41 Å². The van der Waals surface area contributed by atoms with E-state index in [4.69, 9.17) is 0 Å². The van der Waals surface area contributed by atoms with E-state index in [0.29, 0.717) is 18.8 Å². The maximum absolute atomic E-state index is 12.1. The Morgan fingerprint density at radius 3 is 3.18 bits per heavy atom. The standard InChI is InChI=1S/C11H18N4O2/c1-2-11(4-6-12-7-11)10(16)13-5-3-9-14-8-17-15-9/h8,12H,2-7H2,1H3,(H,13,16). The minimum absolute atomic E-state index is 0.133. The number of rotatable bonds is 5. The van der Waals surface area contributed by atoms with Gasteiger partial charge in [0.2, 0.25) is 12.3 Å². The minimum Gasteiger partial charge on any atom is -0.355 e. The van der Waals surface area contributed by atoms with Crippen molar-refractivity contribution in [2.45, 2.75) is 26.2 Å². The summed E-state index contributed by atoms with van der Waals surface area (Å²) in [4.78, 5) is 16.0. The zero-order chi connectivity index (χ0) is 12.1. The summed E-state index contributed by atoms with van der Waals surface area (Å²) in [6.45, 7) is 4.32. The van der Waals surface area contributed by atoms with E-state index >= 15 is 0 Å². The highest BCUT2D eigenvalue weighted by Crippen LogP contribution is 2.29. The highest BCUT2D eigenvalue weighted by molar-refractivity contribution is 5.83. The zero-order valence-corrected chi connectivity index (χ0v) is 10.0. The van der Waals surface area contributed by atoms with E-state index in [1.54, 1.807) is 0 Å². The molecule has 0 radical (unpaired) electrons. The van der Waals surface area contributed by atoms with Gasteiger partial charge in [-0.2, -0.15) is 4.98 Å². The van der Waals surface area contributed by atoms with Crippen LogP contribution in [0.25, 0.3) is 0 Å². The van der Waals surface area contributed by atoms with Crippen LogP contribution >= 0.6 is 0 Å². The molecule has 6 nitrogen and oxygen atoms in total. The average molecular weight is 238 g/mol. The Kier molecular flexibility index (Phi) is 3.73. The Labute approximate surface area is 100 Å². The van der Waals surface area contributed by atoms with Crippen molar-refractivity contribution >= 4 is 5.91 Å². The van der Waals surface area contributed by atoms with Gasteiger partial charge in [-0.25, -0.2) is 0 Å². The van der Waals surface area contributed by atoms with Crippen LogP contribution in [0.15, 0.2) is 10.9 Å². The summed E-state index contributed by atoms with van der Waals surface area (Å²) in [6, 6.07) is 0. The molecule has 2 rings (SSSR count). The fraction of sp³-hybridized carbons (Fsp3) is 0.727. The molecule has 0 spiro atoms. The molecule has 0 bridgehead atoms. The summed E-state index contributed by atoms with van der Waals surface area (Å²) >= 11 is 0. The normalized spacial score (nSPS) is 23.8. The van der Waals surface area contributed by atoms with Gasteiger partial charge in [0, 0.05) is 19.5 Å². The van der Waals surface area contributed by atoms with Gasteiger partial charge in [-0.15, -0.1) is 0 Å². The van der Waals surface area contributed by atoms with Crippen molar-refractivity contribution in [3.8, 4) is 0 Å². The van der Waals surface area contributed by atoms with E-state index in [1.165, 1.54) is 6.39 Å². The maximum Gasteiger partial charge on any atom is 0.227 e. The number of nitrogens with one attached hydrogen (secondary N) is 2. The molecule has 1 saturated heterocycles. The quantitative estimate of drug-likeness (QED) is 0.761. The van der Waals surface area contributed by atoms with Crippen LogP contribution < -0.4 is 10.6 Å². The topological polar surface area (TPSA) is 80.1 Å². The Morgan fingerprint density at radius 2 is 2.59 bits per heavy atom. The Balaban J connectivity index is 1.80. The maximum atomic E-state index is 12.1. The smallest absolute Gasteiger partial charge is 0.227 e. The second-order valence-corrected chi connectivity index (χ2v) is 4.41. The van der Waals surface area contributed by atoms with Crippen LogP contribution in [0.5, 0.6) is 0 Å². The molecule has 2 heterocycles. The number of aromatic nitrogens is 2. The van der Waals surface area contributed by atoms with Gasteiger partial charge >= 0.3 is 0 Å². The third-order valence-corrected chi connectivity index (χ3v) is 3.44. The predicted molar refractivity (Wildman–Crippen MR) is 61.2 cm³/mol. The molecule has 1 aromatic heterocycles. The molecule has 0 aliphatic carbocycles. The van der Waals surface area contributed by atoms with Crippen molar-refractivity contribution in [1.29, 1.82) is 0 Å². The van der Waals surface area contributed by atoms with E-state index in [0.717, 1.165) is 25.9 Å². The molecule has 2 N–H and O–H groups in total. The number of hydrogen-bond donors (Lipinski definition) is 2. The highest BCUT2D eigenvalue weighted by atomic mass is 16.5. The number of amides is 1. The highest BCUT2D eigenvalue weighted by Gasteiger charge is 2.39. The Morgan fingerprint density at radius 1 is 1.71 bits per heavy atom. The minimum atomic E-state index is -0.225. The van der Waals surface area contributed by atoms with Gasteiger partial charge in [0.15, 0.2) is 5.82 Å². The van der Waals surface area contributed by atoms with Gasteiger partial charge < -0.3 is 15.2 Å². The lowest BCUT2D eigenvalue weighted by Crippen LogP contribution is -2.42. The molecule has 1 aromatic rings. The van der Waals surface area contributed by atoms with Gasteiger partial charge in [-0.3, -0.25) is 4.79 Å². The lowest BCUT2D eigenvalue weighted by molar-refractivity contribution is -0.130. The second-order valence-electron chi connectivity index (χ2n) is 4.41. The van der Waals surface area contributed by atoms with Gasteiger partial charge in [-0.05, 0) is 19.4 Å². The van der Waals surface area contributed by atoms with E-state index in [9.17, 15) is 4.79 Å². The van der Waals surface area contributed by atoms with Crippen molar-refractivity contribution in [1.82, 2.24) is 20.8 Å². The monoisotopic (exact) mass is 238 g/mol. The largest absolute Gasteiger partial charge is 0.355 e. The third kappa shape index (κ3) is 2.63. The molecule has 94 valence electrons. The van der Waals surface area contributed by atoms with Crippen LogP contribution in [-0.4, -0.2) is 35.7 Å². The van der Waals surface area contributed by atoms with Crippen LogP contribution in [0, 0.1) is 5.41 Å². The fourth-order valence-electron chi connectivity index (χ4n) is 2.18. The zero-order valence-electron chi connectivity index (χ0n) is 10.0. The molecule has 1 amide bonds. The third-order valence-electron chi connectivity index (χ3n) is 3.44. The lowest BCUT2D eigenvalue weighted by Gasteiger charge is -2.25.